The molecule has 0 N–H and O–H groups in total. The van der Waals surface area contributed by atoms with Crippen molar-refractivity contribution in [2.24, 2.45) is 0 Å². The molecule has 7 heteroatoms. The number of piperazine rings is 1. The Balaban J connectivity index is 1.23. The standard InChI is InChI=1S/C30H43N5O2/c1-7-37-27-17-26(24-9-8-20(2)16-25(24)27)35-15-14-34(18-21(35)3)30(6)10-12-33(13-11-30)29(36)28-22(4)31-19-32-23(28)5/h8-9,16,19,21,26-27H,7,10-15,17-18H2,1-6H3/t21-,26?,27-/m0/s1. The van der Waals surface area contributed by atoms with Gasteiger partial charge in [-0.05, 0) is 71.9 Å². The van der Waals surface area contributed by atoms with Crippen LogP contribution in [0, 0.1) is 20.8 Å². The number of aryl methyl sites for hydroxylation is 3. The van der Waals surface area contributed by atoms with Crippen LogP contribution in [0.5, 0.6) is 0 Å². The molecule has 37 heavy (non-hydrogen) atoms. The molecule has 1 aliphatic carbocycles. The fourth-order valence-electron chi connectivity index (χ4n) is 6.90. The molecule has 1 amide bonds. The van der Waals surface area contributed by atoms with Gasteiger partial charge in [-0.1, -0.05) is 23.8 Å². The number of carbonyl (C=O) groups is 1. The van der Waals surface area contributed by atoms with Gasteiger partial charge in [-0.3, -0.25) is 14.6 Å². The van der Waals surface area contributed by atoms with Gasteiger partial charge in [0.2, 0.25) is 0 Å². The normalized spacial score (nSPS) is 26.3. The second-order valence-corrected chi connectivity index (χ2v) is 11.6. The van der Waals surface area contributed by atoms with E-state index >= 15 is 0 Å². The van der Waals surface area contributed by atoms with Gasteiger partial charge in [0.25, 0.3) is 5.91 Å². The molecular weight excluding hydrogens is 462 g/mol. The van der Waals surface area contributed by atoms with Gasteiger partial charge in [-0.25, -0.2) is 9.97 Å². The first-order valence-electron chi connectivity index (χ1n) is 14.0. The highest BCUT2D eigenvalue weighted by molar-refractivity contribution is 5.96. The summed E-state index contributed by atoms with van der Waals surface area (Å²) in [5.74, 6) is 0.0785. The molecule has 7 nitrogen and oxygen atoms in total. The summed E-state index contributed by atoms with van der Waals surface area (Å²) in [5.41, 5.74) is 6.48. The Morgan fingerprint density at radius 2 is 1.76 bits per heavy atom. The molecule has 1 aromatic heterocycles. The average molecular weight is 506 g/mol. The highest BCUT2D eigenvalue weighted by Crippen LogP contribution is 2.46. The van der Waals surface area contributed by atoms with Crippen LogP contribution in [0.3, 0.4) is 0 Å². The molecule has 2 fully saturated rings. The zero-order chi connectivity index (χ0) is 26.3. The number of hydrogen-bond donors (Lipinski definition) is 0. The topological polar surface area (TPSA) is 61.8 Å². The number of piperidine rings is 1. The maximum atomic E-state index is 13.3. The molecule has 3 heterocycles. The number of nitrogens with zero attached hydrogens (tertiary/aromatic N) is 5. The van der Waals surface area contributed by atoms with E-state index in [0.717, 1.165) is 70.0 Å². The van der Waals surface area contributed by atoms with Crippen molar-refractivity contribution in [2.45, 2.75) is 84.5 Å². The van der Waals surface area contributed by atoms with E-state index in [0.29, 0.717) is 17.6 Å². The van der Waals surface area contributed by atoms with Crippen molar-refractivity contribution in [2.75, 3.05) is 39.3 Å². The van der Waals surface area contributed by atoms with Gasteiger partial charge >= 0.3 is 0 Å². The third-order valence-corrected chi connectivity index (χ3v) is 9.16. The summed E-state index contributed by atoms with van der Waals surface area (Å²) < 4.78 is 6.17. The summed E-state index contributed by atoms with van der Waals surface area (Å²) in [6, 6.07) is 7.81. The van der Waals surface area contributed by atoms with Crippen LogP contribution in [-0.4, -0.2) is 81.5 Å². The largest absolute Gasteiger partial charge is 0.374 e. The summed E-state index contributed by atoms with van der Waals surface area (Å²) in [6.07, 6.45) is 4.78. The van der Waals surface area contributed by atoms with Crippen molar-refractivity contribution >= 4 is 5.91 Å². The van der Waals surface area contributed by atoms with Crippen LogP contribution in [0.1, 0.15) is 90.6 Å². The van der Waals surface area contributed by atoms with Crippen molar-refractivity contribution in [3.63, 3.8) is 0 Å². The Labute approximate surface area is 222 Å². The molecule has 0 radical (unpaired) electrons. The van der Waals surface area contributed by atoms with Gasteiger partial charge in [0, 0.05) is 57.0 Å². The van der Waals surface area contributed by atoms with Crippen molar-refractivity contribution in [1.29, 1.82) is 0 Å². The molecule has 2 aliphatic heterocycles. The van der Waals surface area contributed by atoms with Crippen LogP contribution in [0.15, 0.2) is 24.5 Å². The lowest BCUT2D eigenvalue weighted by atomic mass is 9.86. The number of hydrogen-bond acceptors (Lipinski definition) is 6. The maximum Gasteiger partial charge on any atom is 0.257 e. The molecule has 3 aliphatic rings. The predicted molar refractivity (Wildman–Crippen MR) is 146 cm³/mol. The number of carbonyl (C=O) groups excluding carboxylic acids is 1. The van der Waals surface area contributed by atoms with Crippen LogP contribution in [-0.2, 0) is 4.74 Å². The van der Waals surface area contributed by atoms with Gasteiger partial charge in [0.15, 0.2) is 0 Å². The third kappa shape index (κ3) is 4.93. The molecule has 200 valence electrons. The first kappa shape index (κ1) is 26.3. The first-order valence-corrected chi connectivity index (χ1v) is 14.0. The van der Waals surface area contributed by atoms with Crippen molar-refractivity contribution < 1.29 is 9.53 Å². The summed E-state index contributed by atoms with van der Waals surface area (Å²) in [4.78, 5) is 29.2. The Morgan fingerprint density at radius 1 is 1.05 bits per heavy atom. The van der Waals surface area contributed by atoms with Crippen molar-refractivity contribution in [3.8, 4) is 0 Å². The number of likely N-dealkylation sites (tertiary alicyclic amines) is 1. The van der Waals surface area contributed by atoms with Gasteiger partial charge < -0.3 is 9.64 Å². The first-order chi connectivity index (χ1) is 17.7. The van der Waals surface area contributed by atoms with Crippen LogP contribution in [0.4, 0.5) is 0 Å². The highest BCUT2D eigenvalue weighted by Gasteiger charge is 2.43. The number of amides is 1. The van der Waals surface area contributed by atoms with Gasteiger partial charge in [0.1, 0.15) is 6.33 Å². The van der Waals surface area contributed by atoms with E-state index in [1.807, 2.05) is 18.7 Å². The summed E-state index contributed by atoms with van der Waals surface area (Å²) >= 11 is 0. The van der Waals surface area contributed by atoms with E-state index in [9.17, 15) is 4.79 Å². The molecule has 0 bridgehead atoms. The molecule has 2 aromatic rings. The number of aromatic nitrogens is 2. The van der Waals surface area contributed by atoms with E-state index in [1.54, 1.807) is 0 Å². The SMILES string of the molecule is CCO[C@H]1CC(N2CCN(C3(C)CCN(C(=O)c4c(C)ncnc4C)CC3)C[C@@H]2C)c2ccc(C)cc21. The molecule has 0 saturated carbocycles. The van der Waals surface area contributed by atoms with Crippen LogP contribution in [0.2, 0.25) is 0 Å². The third-order valence-electron chi connectivity index (χ3n) is 9.16. The average Bonchev–Trinajstić information content (AvgIpc) is 3.21. The summed E-state index contributed by atoms with van der Waals surface area (Å²) in [5, 5.41) is 0. The Hall–Kier alpha value is -2.35. The fourth-order valence-corrected chi connectivity index (χ4v) is 6.90. The number of benzene rings is 1. The Morgan fingerprint density at radius 3 is 2.41 bits per heavy atom. The Bertz CT molecular complexity index is 1120. The highest BCUT2D eigenvalue weighted by atomic mass is 16.5. The second kappa shape index (κ2) is 10.4. The molecule has 2 saturated heterocycles. The van der Waals surface area contributed by atoms with E-state index in [4.69, 9.17) is 4.74 Å². The van der Waals surface area contributed by atoms with Gasteiger partial charge in [-0.15, -0.1) is 0 Å². The number of rotatable bonds is 5. The zero-order valence-electron chi connectivity index (χ0n) is 23.5. The minimum Gasteiger partial charge on any atom is -0.374 e. The lowest BCUT2D eigenvalue weighted by molar-refractivity contribution is -0.0365. The molecule has 5 rings (SSSR count). The fraction of sp³-hybridized carbons (Fsp3) is 0.633. The van der Waals surface area contributed by atoms with E-state index in [-0.39, 0.29) is 17.6 Å². The lowest BCUT2D eigenvalue weighted by Gasteiger charge is -2.52. The smallest absolute Gasteiger partial charge is 0.257 e. The van der Waals surface area contributed by atoms with Crippen molar-refractivity contribution in [1.82, 2.24) is 24.7 Å². The van der Waals surface area contributed by atoms with E-state index in [2.05, 4.69) is 65.7 Å². The molecule has 1 unspecified atom stereocenters. The van der Waals surface area contributed by atoms with Gasteiger partial charge in [-0.2, -0.15) is 0 Å². The van der Waals surface area contributed by atoms with Crippen LogP contribution < -0.4 is 0 Å². The quantitative estimate of drug-likeness (QED) is 0.591. The predicted octanol–water partition coefficient (Wildman–Crippen LogP) is 4.63. The number of ether oxygens (including phenoxy) is 1. The minimum absolute atomic E-state index is 0.0785. The monoisotopic (exact) mass is 505 g/mol. The molecule has 3 atom stereocenters. The summed E-state index contributed by atoms with van der Waals surface area (Å²) in [7, 11) is 0. The zero-order valence-corrected chi connectivity index (χ0v) is 23.5. The van der Waals surface area contributed by atoms with Crippen molar-refractivity contribution in [3.05, 3.63) is 58.2 Å². The van der Waals surface area contributed by atoms with Crippen LogP contribution in [0.25, 0.3) is 0 Å². The lowest BCUT2D eigenvalue weighted by Crippen LogP contribution is -2.62. The van der Waals surface area contributed by atoms with Crippen LogP contribution >= 0.6 is 0 Å². The van der Waals surface area contributed by atoms with E-state index in [1.165, 1.54) is 23.0 Å². The van der Waals surface area contributed by atoms with Gasteiger partial charge in [0.05, 0.1) is 23.1 Å². The molecular formula is C30H43N5O2. The van der Waals surface area contributed by atoms with E-state index < -0.39 is 0 Å². The maximum absolute atomic E-state index is 13.3. The summed E-state index contributed by atoms with van der Waals surface area (Å²) in [6.45, 7) is 18.4. The number of fused-ring (bicyclic) bond motifs is 1. The Kier molecular flexibility index (Phi) is 7.40. The minimum atomic E-state index is 0.0785. The molecule has 1 aromatic carbocycles. The molecule has 0 spiro atoms. The second-order valence-electron chi connectivity index (χ2n) is 11.6.